The summed E-state index contributed by atoms with van der Waals surface area (Å²) in [6, 6.07) is 12.1. The number of allylic oxidation sites excluding steroid dienone is 1. The van der Waals surface area contributed by atoms with Crippen LogP contribution in [0, 0.1) is 45.3 Å². The molecule has 1 heterocycles. The quantitative estimate of drug-likeness (QED) is 0.627. The van der Waals surface area contributed by atoms with Gasteiger partial charge in [-0.05, 0) is 55.1 Å². The topological polar surface area (TPSA) is 106 Å². The third kappa shape index (κ3) is 5.09. The van der Waals surface area contributed by atoms with Crippen LogP contribution in [0.15, 0.2) is 34.9 Å². The largest absolute Gasteiger partial charge is 0.325 e. The second-order valence-electron chi connectivity index (χ2n) is 10.0. The Kier molecular flexibility index (Phi) is 7.55. The number of nitriles is 2. The summed E-state index contributed by atoms with van der Waals surface area (Å²) in [7, 11) is 0. The Bertz CT molecular complexity index is 1030. The fourth-order valence-electron chi connectivity index (χ4n) is 5.13. The van der Waals surface area contributed by atoms with Gasteiger partial charge in [-0.3, -0.25) is 9.59 Å². The van der Waals surface area contributed by atoms with Crippen molar-refractivity contribution in [1.82, 2.24) is 5.32 Å². The highest BCUT2D eigenvalue weighted by Gasteiger charge is 2.53. The molecule has 6 nitrogen and oxygen atoms in total. The van der Waals surface area contributed by atoms with Crippen molar-refractivity contribution in [2.75, 3.05) is 11.1 Å². The van der Waals surface area contributed by atoms with E-state index in [0.29, 0.717) is 29.4 Å². The van der Waals surface area contributed by atoms with Crippen LogP contribution in [-0.2, 0) is 16.0 Å². The monoisotopic (exact) mass is 464 g/mol. The first-order valence-corrected chi connectivity index (χ1v) is 12.5. The van der Waals surface area contributed by atoms with E-state index in [4.69, 9.17) is 0 Å². The van der Waals surface area contributed by atoms with Crippen LogP contribution in [0.3, 0.4) is 0 Å². The van der Waals surface area contributed by atoms with E-state index in [9.17, 15) is 20.1 Å². The smallest absolute Gasteiger partial charge is 0.243 e. The van der Waals surface area contributed by atoms with Crippen LogP contribution in [0.5, 0.6) is 0 Å². The van der Waals surface area contributed by atoms with Crippen molar-refractivity contribution < 1.29 is 9.59 Å². The number of thioether (sulfide) groups is 1. The molecule has 0 aromatic heterocycles. The van der Waals surface area contributed by atoms with Gasteiger partial charge in [-0.25, -0.2) is 0 Å². The number of rotatable bonds is 5. The van der Waals surface area contributed by atoms with Gasteiger partial charge in [0.2, 0.25) is 11.8 Å². The number of amides is 2. The van der Waals surface area contributed by atoms with Gasteiger partial charge in [0.15, 0.2) is 0 Å². The molecule has 1 saturated carbocycles. The normalized spacial score (nSPS) is 25.2. The van der Waals surface area contributed by atoms with E-state index in [-0.39, 0.29) is 23.0 Å². The molecule has 0 unspecified atom stereocenters. The number of nitrogens with zero attached hydrogens (tertiary/aromatic N) is 2. The summed E-state index contributed by atoms with van der Waals surface area (Å²) in [6.45, 7) is 8.66. The zero-order chi connectivity index (χ0) is 24.2. The molecule has 1 aromatic carbocycles. The predicted octanol–water partition coefficient (Wildman–Crippen LogP) is 5.15. The number of nitrogens with one attached hydrogen (secondary N) is 2. The summed E-state index contributed by atoms with van der Waals surface area (Å²) >= 11 is 1.16. The maximum atomic E-state index is 12.9. The molecule has 2 aliphatic rings. The number of aryl methyl sites for hydroxylation is 1. The lowest BCUT2D eigenvalue weighted by molar-refractivity contribution is -0.127. The maximum absolute atomic E-state index is 12.9. The molecule has 1 atom stereocenters. The Balaban J connectivity index is 1.82. The molecule has 1 fully saturated rings. The summed E-state index contributed by atoms with van der Waals surface area (Å²) in [5.41, 5.74) is 1.63. The van der Waals surface area contributed by atoms with E-state index in [1.807, 2.05) is 31.2 Å². The van der Waals surface area contributed by atoms with Crippen molar-refractivity contribution >= 4 is 29.3 Å². The molecule has 1 aliphatic heterocycles. The van der Waals surface area contributed by atoms with E-state index in [2.05, 4.69) is 43.5 Å². The van der Waals surface area contributed by atoms with Gasteiger partial charge in [-0.2, -0.15) is 10.5 Å². The van der Waals surface area contributed by atoms with Gasteiger partial charge < -0.3 is 10.6 Å². The Morgan fingerprint density at radius 2 is 1.91 bits per heavy atom. The SMILES string of the molecule is CCc1ccccc1NC(=O)CSC1=C(C#N)C2(CCC(C(C)(C)C)CC2)[C@H](C#N)C(=O)N1. The minimum Gasteiger partial charge on any atom is -0.325 e. The number of hydrogen-bond donors (Lipinski definition) is 2. The number of carbonyl (C=O) groups excluding carboxylic acids is 2. The van der Waals surface area contributed by atoms with Crippen LogP contribution in [0.2, 0.25) is 0 Å². The van der Waals surface area contributed by atoms with Gasteiger partial charge in [0.25, 0.3) is 0 Å². The van der Waals surface area contributed by atoms with Crippen molar-refractivity contribution in [3.8, 4) is 12.1 Å². The molecule has 174 valence electrons. The molecule has 33 heavy (non-hydrogen) atoms. The highest BCUT2D eigenvalue weighted by molar-refractivity contribution is 8.03. The average molecular weight is 465 g/mol. The highest BCUT2D eigenvalue weighted by atomic mass is 32.2. The van der Waals surface area contributed by atoms with Crippen LogP contribution < -0.4 is 10.6 Å². The Hall–Kier alpha value is -2.77. The molecule has 1 spiro atoms. The molecular formula is C26H32N4O2S. The van der Waals surface area contributed by atoms with Crippen LogP contribution in [0.4, 0.5) is 5.69 Å². The number of anilines is 1. The van der Waals surface area contributed by atoms with E-state index >= 15 is 0 Å². The fourth-order valence-corrected chi connectivity index (χ4v) is 6.05. The molecule has 2 N–H and O–H groups in total. The molecule has 2 amide bonds. The standard InChI is InChI=1S/C26H32N4O2S/c1-5-17-8-6-7-9-21(17)29-22(31)16-33-24-20(15-28)26(19(14-27)23(32)30-24)12-10-18(11-13-26)25(2,3)4/h6-9,18-19H,5,10-13,16H2,1-4H3,(H,29,31)(H,30,32)/t18?,19-,26?/m1/s1. The molecule has 0 radical (unpaired) electrons. The Labute approximate surface area is 200 Å². The Morgan fingerprint density at radius 1 is 1.24 bits per heavy atom. The lowest BCUT2D eigenvalue weighted by Gasteiger charge is -2.47. The average Bonchev–Trinajstić information content (AvgIpc) is 2.78. The number of hydrogen-bond acceptors (Lipinski definition) is 5. The molecule has 3 rings (SSSR count). The number of para-hydroxylation sites is 1. The van der Waals surface area contributed by atoms with Crippen molar-refractivity contribution in [1.29, 1.82) is 10.5 Å². The van der Waals surface area contributed by atoms with Crippen molar-refractivity contribution in [3.63, 3.8) is 0 Å². The van der Waals surface area contributed by atoms with Gasteiger partial charge in [0.1, 0.15) is 5.92 Å². The van der Waals surface area contributed by atoms with Crippen molar-refractivity contribution in [2.45, 2.75) is 59.8 Å². The second kappa shape index (κ2) is 10.0. The molecule has 0 saturated heterocycles. The molecule has 0 bridgehead atoms. The van der Waals surface area contributed by atoms with E-state index in [0.717, 1.165) is 42.3 Å². The lowest BCUT2D eigenvalue weighted by Crippen LogP contribution is -2.50. The summed E-state index contributed by atoms with van der Waals surface area (Å²) in [5, 5.41) is 26.0. The van der Waals surface area contributed by atoms with E-state index in [1.165, 1.54) is 0 Å². The van der Waals surface area contributed by atoms with Gasteiger partial charge in [-0.1, -0.05) is 57.7 Å². The van der Waals surface area contributed by atoms with Crippen LogP contribution in [-0.4, -0.2) is 17.6 Å². The van der Waals surface area contributed by atoms with Crippen LogP contribution in [0.25, 0.3) is 0 Å². The van der Waals surface area contributed by atoms with Gasteiger partial charge in [0.05, 0.1) is 28.5 Å². The first-order chi connectivity index (χ1) is 15.7. The third-order valence-electron chi connectivity index (χ3n) is 7.14. The summed E-state index contributed by atoms with van der Waals surface area (Å²) in [4.78, 5) is 25.5. The lowest BCUT2D eigenvalue weighted by atomic mass is 9.56. The first kappa shape index (κ1) is 24.9. The fraction of sp³-hybridized carbons (Fsp3) is 0.538. The van der Waals surface area contributed by atoms with Gasteiger partial charge in [0, 0.05) is 11.1 Å². The zero-order valence-corrected chi connectivity index (χ0v) is 20.6. The second-order valence-corrected chi connectivity index (χ2v) is 11.0. The van der Waals surface area contributed by atoms with Crippen molar-refractivity contribution in [2.24, 2.45) is 22.7 Å². The summed E-state index contributed by atoms with van der Waals surface area (Å²) in [5.74, 6) is -0.912. The van der Waals surface area contributed by atoms with Gasteiger partial charge in [-0.15, -0.1) is 0 Å². The molecule has 1 aliphatic carbocycles. The van der Waals surface area contributed by atoms with Gasteiger partial charge >= 0.3 is 0 Å². The molecule has 1 aromatic rings. The van der Waals surface area contributed by atoms with Crippen LogP contribution >= 0.6 is 11.8 Å². The zero-order valence-electron chi connectivity index (χ0n) is 19.8. The van der Waals surface area contributed by atoms with Crippen molar-refractivity contribution in [3.05, 3.63) is 40.4 Å². The molecule has 7 heteroatoms. The first-order valence-electron chi connectivity index (χ1n) is 11.5. The molecular weight excluding hydrogens is 432 g/mol. The van der Waals surface area contributed by atoms with Crippen LogP contribution in [0.1, 0.15) is 58.9 Å². The minimum absolute atomic E-state index is 0.0662. The Morgan fingerprint density at radius 3 is 2.48 bits per heavy atom. The highest BCUT2D eigenvalue weighted by Crippen LogP contribution is 2.55. The number of benzene rings is 1. The van der Waals surface area contributed by atoms with E-state index < -0.39 is 11.3 Å². The number of carbonyl (C=O) groups is 2. The predicted molar refractivity (Wildman–Crippen MR) is 131 cm³/mol. The third-order valence-corrected chi connectivity index (χ3v) is 8.14. The summed E-state index contributed by atoms with van der Waals surface area (Å²) in [6.07, 6.45) is 3.79. The summed E-state index contributed by atoms with van der Waals surface area (Å²) < 4.78 is 0. The minimum atomic E-state index is -0.886. The van der Waals surface area contributed by atoms with E-state index in [1.54, 1.807) is 0 Å². The maximum Gasteiger partial charge on any atom is 0.243 e.